The smallest absolute Gasteiger partial charge is 0.0164 e. The fourth-order valence-corrected chi connectivity index (χ4v) is 2.16. The molecule has 0 rings (SSSR count). The predicted molar refractivity (Wildman–Crippen MR) is 73.9 cm³/mol. The Morgan fingerprint density at radius 2 is 1.75 bits per heavy atom. The van der Waals surface area contributed by atoms with Crippen molar-refractivity contribution in [3.05, 3.63) is 0 Å². The SMILES string of the molecule is CCNCC(C)NCCC(C)CC(C)(C)C. The Labute approximate surface area is 103 Å². The van der Waals surface area contributed by atoms with E-state index in [1.165, 1.54) is 12.8 Å². The third-order valence-corrected chi connectivity index (χ3v) is 2.79. The number of likely N-dealkylation sites (N-methyl/N-ethyl adjacent to an activating group) is 1. The molecule has 0 radical (unpaired) electrons. The molecule has 0 saturated heterocycles. The van der Waals surface area contributed by atoms with Gasteiger partial charge in [0.2, 0.25) is 0 Å². The summed E-state index contributed by atoms with van der Waals surface area (Å²) in [6, 6.07) is 0.585. The zero-order chi connectivity index (χ0) is 12.6. The van der Waals surface area contributed by atoms with Gasteiger partial charge in [-0.05, 0) is 44.2 Å². The normalized spacial score (nSPS) is 16.1. The molecule has 0 bridgehead atoms. The van der Waals surface area contributed by atoms with Crippen LogP contribution in [0.25, 0.3) is 0 Å². The van der Waals surface area contributed by atoms with Crippen molar-refractivity contribution in [3.8, 4) is 0 Å². The molecule has 0 fully saturated rings. The first kappa shape index (κ1) is 15.9. The van der Waals surface area contributed by atoms with Crippen molar-refractivity contribution >= 4 is 0 Å². The summed E-state index contributed by atoms with van der Waals surface area (Å²) in [6.45, 7) is 17.0. The Kier molecular flexibility index (Phi) is 8.04. The highest BCUT2D eigenvalue weighted by Crippen LogP contribution is 2.25. The minimum Gasteiger partial charge on any atom is -0.315 e. The maximum atomic E-state index is 3.57. The van der Waals surface area contributed by atoms with Crippen LogP contribution < -0.4 is 10.6 Å². The molecule has 2 unspecified atom stereocenters. The van der Waals surface area contributed by atoms with E-state index in [9.17, 15) is 0 Å². The molecule has 0 aliphatic carbocycles. The molecule has 2 heteroatoms. The molecule has 0 heterocycles. The third-order valence-electron chi connectivity index (χ3n) is 2.79. The molecule has 0 saturated carbocycles. The lowest BCUT2D eigenvalue weighted by molar-refractivity contribution is 0.292. The van der Waals surface area contributed by atoms with E-state index in [0.29, 0.717) is 11.5 Å². The zero-order valence-electron chi connectivity index (χ0n) is 12.2. The molecule has 16 heavy (non-hydrogen) atoms. The molecule has 98 valence electrons. The van der Waals surface area contributed by atoms with Gasteiger partial charge < -0.3 is 10.6 Å². The van der Waals surface area contributed by atoms with Crippen LogP contribution in [0, 0.1) is 11.3 Å². The van der Waals surface area contributed by atoms with Crippen LogP contribution in [0.4, 0.5) is 0 Å². The van der Waals surface area contributed by atoms with Crippen LogP contribution in [-0.4, -0.2) is 25.7 Å². The summed E-state index contributed by atoms with van der Waals surface area (Å²) >= 11 is 0. The standard InChI is InChI=1S/C14H32N2/c1-7-15-11-13(3)16-9-8-12(2)10-14(4,5)6/h12-13,15-16H,7-11H2,1-6H3. The molecule has 0 aliphatic rings. The van der Waals surface area contributed by atoms with Gasteiger partial charge in [-0.3, -0.25) is 0 Å². The second-order valence-electron chi connectivity index (χ2n) is 6.32. The monoisotopic (exact) mass is 228 g/mol. The highest BCUT2D eigenvalue weighted by atomic mass is 15.0. The number of hydrogen-bond acceptors (Lipinski definition) is 2. The maximum absolute atomic E-state index is 3.57. The topological polar surface area (TPSA) is 24.1 Å². The lowest BCUT2D eigenvalue weighted by Gasteiger charge is -2.24. The van der Waals surface area contributed by atoms with Crippen molar-refractivity contribution in [1.82, 2.24) is 10.6 Å². The van der Waals surface area contributed by atoms with Crippen LogP contribution >= 0.6 is 0 Å². The van der Waals surface area contributed by atoms with E-state index in [-0.39, 0.29) is 0 Å². The van der Waals surface area contributed by atoms with Gasteiger partial charge in [-0.2, -0.15) is 0 Å². The Bertz CT molecular complexity index is 161. The summed E-state index contributed by atoms with van der Waals surface area (Å²) < 4.78 is 0. The van der Waals surface area contributed by atoms with E-state index >= 15 is 0 Å². The van der Waals surface area contributed by atoms with Crippen LogP contribution in [0.5, 0.6) is 0 Å². The van der Waals surface area contributed by atoms with Crippen molar-refractivity contribution in [2.24, 2.45) is 11.3 Å². The van der Waals surface area contributed by atoms with Crippen molar-refractivity contribution < 1.29 is 0 Å². The van der Waals surface area contributed by atoms with Gasteiger partial charge in [0.05, 0.1) is 0 Å². The van der Waals surface area contributed by atoms with Gasteiger partial charge in [-0.25, -0.2) is 0 Å². The summed E-state index contributed by atoms with van der Waals surface area (Å²) in [7, 11) is 0. The highest BCUT2D eigenvalue weighted by Gasteiger charge is 2.14. The molecule has 2 atom stereocenters. The fourth-order valence-electron chi connectivity index (χ4n) is 2.16. The van der Waals surface area contributed by atoms with E-state index in [1.54, 1.807) is 0 Å². The largest absolute Gasteiger partial charge is 0.315 e. The molecule has 0 aromatic heterocycles. The summed E-state index contributed by atoms with van der Waals surface area (Å²) in [5.74, 6) is 0.818. The molecule has 0 aromatic carbocycles. The zero-order valence-corrected chi connectivity index (χ0v) is 12.2. The molecular weight excluding hydrogens is 196 g/mol. The Balaban J connectivity index is 3.50. The molecular formula is C14H32N2. The highest BCUT2D eigenvalue weighted by molar-refractivity contribution is 4.69. The van der Waals surface area contributed by atoms with Crippen LogP contribution in [0.15, 0.2) is 0 Å². The third kappa shape index (κ3) is 10.4. The summed E-state index contributed by atoms with van der Waals surface area (Å²) in [5, 5.41) is 6.93. The van der Waals surface area contributed by atoms with E-state index in [2.05, 4.69) is 52.2 Å². The van der Waals surface area contributed by atoms with Gasteiger partial charge in [0.15, 0.2) is 0 Å². The van der Waals surface area contributed by atoms with Crippen LogP contribution in [-0.2, 0) is 0 Å². The summed E-state index contributed by atoms with van der Waals surface area (Å²) in [5.41, 5.74) is 0.467. The summed E-state index contributed by atoms with van der Waals surface area (Å²) in [4.78, 5) is 0. The van der Waals surface area contributed by atoms with Crippen LogP contribution in [0.1, 0.15) is 54.4 Å². The number of rotatable bonds is 8. The van der Waals surface area contributed by atoms with Crippen molar-refractivity contribution in [1.29, 1.82) is 0 Å². The Morgan fingerprint density at radius 1 is 1.12 bits per heavy atom. The first-order valence-electron chi connectivity index (χ1n) is 6.79. The second-order valence-corrected chi connectivity index (χ2v) is 6.32. The van der Waals surface area contributed by atoms with Crippen molar-refractivity contribution in [2.45, 2.75) is 60.4 Å². The Hall–Kier alpha value is -0.0800. The number of hydrogen-bond donors (Lipinski definition) is 2. The first-order chi connectivity index (χ1) is 7.35. The van der Waals surface area contributed by atoms with Gasteiger partial charge in [0.1, 0.15) is 0 Å². The van der Waals surface area contributed by atoms with E-state index in [1.807, 2.05) is 0 Å². The first-order valence-corrected chi connectivity index (χ1v) is 6.79. The molecule has 2 N–H and O–H groups in total. The maximum Gasteiger partial charge on any atom is 0.0164 e. The van der Waals surface area contributed by atoms with Gasteiger partial charge in [-0.1, -0.05) is 34.6 Å². The van der Waals surface area contributed by atoms with Crippen LogP contribution in [0.3, 0.4) is 0 Å². The van der Waals surface area contributed by atoms with Gasteiger partial charge in [0, 0.05) is 12.6 Å². The minimum absolute atomic E-state index is 0.467. The quantitative estimate of drug-likeness (QED) is 0.667. The van der Waals surface area contributed by atoms with Gasteiger partial charge in [0.25, 0.3) is 0 Å². The molecule has 0 aromatic rings. The van der Waals surface area contributed by atoms with E-state index in [4.69, 9.17) is 0 Å². The summed E-state index contributed by atoms with van der Waals surface area (Å²) in [6.07, 6.45) is 2.60. The lowest BCUT2D eigenvalue weighted by atomic mass is 9.84. The molecule has 0 spiro atoms. The average Bonchev–Trinajstić information content (AvgIpc) is 2.11. The second kappa shape index (κ2) is 8.08. The molecule has 2 nitrogen and oxygen atoms in total. The minimum atomic E-state index is 0.467. The van der Waals surface area contributed by atoms with E-state index in [0.717, 1.165) is 25.6 Å². The predicted octanol–water partition coefficient (Wildman–Crippen LogP) is 3.04. The molecule has 0 amide bonds. The van der Waals surface area contributed by atoms with Gasteiger partial charge in [-0.15, -0.1) is 0 Å². The Morgan fingerprint density at radius 3 is 2.25 bits per heavy atom. The fraction of sp³-hybridized carbons (Fsp3) is 1.00. The van der Waals surface area contributed by atoms with E-state index < -0.39 is 0 Å². The van der Waals surface area contributed by atoms with Crippen LogP contribution in [0.2, 0.25) is 0 Å². The van der Waals surface area contributed by atoms with Gasteiger partial charge >= 0.3 is 0 Å². The number of nitrogens with one attached hydrogen (secondary N) is 2. The lowest BCUT2D eigenvalue weighted by Crippen LogP contribution is -2.37. The van der Waals surface area contributed by atoms with Crippen molar-refractivity contribution in [3.63, 3.8) is 0 Å². The molecule has 0 aliphatic heterocycles. The van der Waals surface area contributed by atoms with Crippen molar-refractivity contribution in [2.75, 3.05) is 19.6 Å². The average molecular weight is 228 g/mol.